The molecule has 1 aliphatic heterocycles. The summed E-state index contributed by atoms with van der Waals surface area (Å²) in [5.41, 5.74) is 0.769. The third-order valence-electron chi connectivity index (χ3n) is 2.44. The van der Waals surface area contributed by atoms with Gasteiger partial charge in [0.1, 0.15) is 4.88 Å². The molecule has 0 bridgehead atoms. The number of hydrogen-bond donors (Lipinski definition) is 0. The van der Waals surface area contributed by atoms with Gasteiger partial charge in [0, 0.05) is 24.6 Å². The van der Waals surface area contributed by atoms with Gasteiger partial charge in [-0.25, -0.2) is 9.78 Å². The molecule has 0 unspecified atom stereocenters. The number of anilines is 1. The van der Waals surface area contributed by atoms with Gasteiger partial charge in [0.15, 0.2) is 5.13 Å². The molecule has 0 atom stereocenters. The van der Waals surface area contributed by atoms with Crippen LogP contribution in [-0.2, 0) is 4.74 Å². The van der Waals surface area contributed by atoms with Gasteiger partial charge in [-0.2, -0.15) is 11.8 Å². The van der Waals surface area contributed by atoms with Gasteiger partial charge in [-0.15, -0.1) is 0 Å². The zero-order valence-corrected chi connectivity index (χ0v) is 11.0. The van der Waals surface area contributed by atoms with E-state index in [4.69, 9.17) is 4.74 Å². The Balaban J connectivity index is 2.19. The minimum absolute atomic E-state index is 0.285. The Bertz CT molecular complexity index is 386. The second kappa shape index (κ2) is 5.05. The highest BCUT2D eigenvalue weighted by atomic mass is 32.2. The fraction of sp³-hybridized carbons (Fsp3) is 0.600. The normalized spacial score (nSPS) is 16.2. The molecule has 2 heterocycles. The molecule has 1 fully saturated rings. The lowest BCUT2D eigenvalue weighted by atomic mass is 10.4. The van der Waals surface area contributed by atoms with Gasteiger partial charge in [-0.3, -0.25) is 0 Å². The number of hydrogen-bond acceptors (Lipinski definition) is 6. The van der Waals surface area contributed by atoms with Gasteiger partial charge >= 0.3 is 5.97 Å². The Morgan fingerprint density at radius 3 is 2.75 bits per heavy atom. The number of aromatic nitrogens is 1. The number of carbonyl (C=O) groups is 1. The molecule has 0 amide bonds. The zero-order chi connectivity index (χ0) is 11.5. The molecule has 16 heavy (non-hydrogen) atoms. The summed E-state index contributed by atoms with van der Waals surface area (Å²) in [6, 6.07) is 0. The maximum absolute atomic E-state index is 11.5. The fourth-order valence-corrected chi connectivity index (χ4v) is 3.49. The van der Waals surface area contributed by atoms with E-state index < -0.39 is 0 Å². The Morgan fingerprint density at radius 2 is 2.12 bits per heavy atom. The van der Waals surface area contributed by atoms with E-state index in [1.54, 1.807) is 0 Å². The second-order valence-electron chi connectivity index (χ2n) is 3.50. The topological polar surface area (TPSA) is 42.4 Å². The summed E-state index contributed by atoms with van der Waals surface area (Å²) >= 11 is 3.39. The molecule has 0 aromatic carbocycles. The highest BCUT2D eigenvalue weighted by Crippen LogP contribution is 2.28. The van der Waals surface area contributed by atoms with Crippen LogP contribution in [0.3, 0.4) is 0 Å². The van der Waals surface area contributed by atoms with Gasteiger partial charge in [-0.1, -0.05) is 11.3 Å². The van der Waals surface area contributed by atoms with E-state index >= 15 is 0 Å². The third kappa shape index (κ3) is 2.32. The van der Waals surface area contributed by atoms with E-state index in [1.807, 2.05) is 18.7 Å². The van der Waals surface area contributed by atoms with E-state index in [9.17, 15) is 4.79 Å². The average Bonchev–Trinajstić information content (AvgIpc) is 2.71. The van der Waals surface area contributed by atoms with Crippen LogP contribution < -0.4 is 4.90 Å². The Hall–Kier alpha value is -0.750. The van der Waals surface area contributed by atoms with Crippen molar-refractivity contribution in [1.82, 2.24) is 4.98 Å². The van der Waals surface area contributed by atoms with Crippen molar-refractivity contribution in [2.75, 3.05) is 36.6 Å². The first-order valence-electron chi connectivity index (χ1n) is 5.11. The van der Waals surface area contributed by atoms with Crippen LogP contribution in [0.2, 0.25) is 0 Å². The molecule has 1 aromatic rings. The number of thioether (sulfide) groups is 1. The minimum Gasteiger partial charge on any atom is -0.465 e. The van der Waals surface area contributed by atoms with Crippen LogP contribution in [0.25, 0.3) is 0 Å². The highest BCUT2D eigenvalue weighted by molar-refractivity contribution is 7.99. The van der Waals surface area contributed by atoms with Crippen LogP contribution >= 0.6 is 23.1 Å². The van der Waals surface area contributed by atoms with Crippen molar-refractivity contribution in [3.8, 4) is 0 Å². The zero-order valence-electron chi connectivity index (χ0n) is 9.36. The van der Waals surface area contributed by atoms with E-state index in [2.05, 4.69) is 9.88 Å². The predicted octanol–water partition coefficient (Wildman–Crippen LogP) is 1.79. The molecule has 0 spiro atoms. The van der Waals surface area contributed by atoms with Crippen LogP contribution in [0.5, 0.6) is 0 Å². The molecule has 0 radical (unpaired) electrons. The molecular formula is C10H14N2O2S2. The van der Waals surface area contributed by atoms with E-state index in [0.29, 0.717) is 4.88 Å². The fourth-order valence-electron chi connectivity index (χ4n) is 1.55. The first-order chi connectivity index (χ1) is 7.72. The molecule has 1 saturated heterocycles. The quantitative estimate of drug-likeness (QED) is 0.757. The molecule has 0 N–H and O–H groups in total. The number of carbonyl (C=O) groups excluding carboxylic acids is 1. The van der Waals surface area contributed by atoms with Crippen LogP contribution in [0, 0.1) is 6.92 Å². The minimum atomic E-state index is -0.285. The van der Waals surface area contributed by atoms with Crippen molar-refractivity contribution in [1.29, 1.82) is 0 Å². The van der Waals surface area contributed by atoms with Crippen molar-refractivity contribution in [2.24, 2.45) is 0 Å². The first-order valence-corrected chi connectivity index (χ1v) is 7.08. The first kappa shape index (κ1) is 11.7. The number of nitrogens with zero attached hydrogens (tertiary/aromatic N) is 2. The summed E-state index contributed by atoms with van der Waals surface area (Å²) in [4.78, 5) is 18.8. The number of aryl methyl sites for hydroxylation is 1. The maximum Gasteiger partial charge on any atom is 0.350 e. The monoisotopic (exact) mass is 258 g/mol. The van der Waals surface area contributed by atoms with Crippen LogP contribution in [0.4, 0.5) is 5.13 Å². The van der Waals surface area contributed by atoms with Gasteiger partial charge in [-0.05, 0) is 6.92 Å². The van der Waals surface area contributed by atoms with Gasteiger partial charge in [0.2, 0.25) is 0 Å². The van der Waals surface area contributed by atoms with E-state index in [1.165, 1.54) is 18.4 Å². The maximum atomic E-state index is 11.5. The number of rotatable bonds is 2. The molecule has 1 aromatic heterocycles. The summed E-state index contributed by atoms with van der Waals surface area (Å²) in [7, 11) is 1.40. The molecule has 0 saturated carbocycles. The smallest absolute Gasteiger partial charge is 0.350 e. The lowest BCUT2D eigenvalue weighted by molar-refractivity contribution is 0.0605. The summed E-state index contributed by atoms with van der Waals surface area (Å²) in [6.45, 7) is 3.88. The van der Waals surface area contributed by atoms with E-state index in [0.717, 1.165) is 35.4 Å². The Kier molecular flexibility index (Phi) is 3.70. The van der Waals surface area contributed by atoms with Crippen molar-refractivity contribution in [2.45, 2.75) is 6.92 Å². The SMILES string of the molecule is COC(=O)c1sc(N2CCSCC2)nc1C. The van der Waals surface area contributed by atoms with Gasteiger partial charge in [0.05, 0.1) is 12.8 Å². The van der Waals surface area contributed by atoms with Crippen LogP contribution in [-0.4, -0.2) is 42.7 Å². The predicted molar refractivity (Wildman–Crippen MR) is 67.7 cm³/mol. The molecule has 88 valence electrons. The van der Waals surface area contributed by atoms with Crippen LogP contribution in [0.15, 0.2) is 0 Å². The highest BCUT2D eigenvalue weighted by Gasteiger charge is 2.20. The Morgan fingerprint density at radius 1 is 1.44 bits per heavy atom. The molecule has 0 aliphatic carbocycles. The van der Waals surface area contributed by atoms with Crippen molar-refractivity contribution in [3.05, 3.63) is 10.6 Å². The molecule has 1 aliphatic rings. The molecule has 2 rings (SSSR count). The summed E-state index contributed by atoms with van der Waals surface area (Å²) in [5.74, 6) is 1.98. The van der Waals surface area contributed by atoms with E-state index in [-0.39, 0.29) is 5.97 Å². The number of ether oxygens (including phenoxy) is 1. The molecular weight excluding hydrogens is 244 g/mol. The van der Waals surface area contributed by atoms with Crippen LogP contribution in [0.1, 0.15) is 15.4 Å². The summed E-state index contributed by atoms with van der Waals surface area (Å²) in [5, 5.41) is 0.943. The summed E-state index contributed by atoms with van der Waals surface area (Å²) < 4.78 is 4.73. The number of thiazole rings is 1. The standard InChI is InChI=1S/C10H14N2O2S2/c1-7-8(9(13)14-2)16-10(11-7)12-3-5-15-6-4-12/h3-6H2,1-2H3. The van der Waals surface area contributed by atoms with Crippen molar-refractivity contribution in [3.63, 3.8) is 0 Å². The van der Waals surface area contributed by atoms with Crippen molar-refractivity contribution >= 4 is 34.2 Å². The Labute approximate surface area is 103 Å². The lowest BCUT2D eigenvalue weighted by Crippen LogP contribution is -2.32. The van der Waals surface area contributed by atoms with Gasteiger partial charge < -0.3 is 9.64 Å². The number of esters is 1. The lowest BCUT2D eigenvalue weighted by Gasteiger charge is -2.25. The largest absolute Gasteiger partial charge is 0.465 e. The molecule has 6 heteroatoms. The average molecular weight is 258 g/mol. The van der Waals surface area contributed by atoms with Crippen molar-refractivity contribution < 1.29 is 9.53 Å². The second-order valence-corrected chi connectivity index (χ2v) is 5.70. The summed E-state index contributed by atoms with van der Waals surface area (Å²) in [6.07, 6.45) is 0. The van der Waals surface area contributed by atoms with Gasteiger partial charge in [0.25, 0.3) is 0 Å². The third-order valence-corrected chi connectivity index (χ3v) is 4.58. The number of methoxy groups -OCH3 is 1. The molecule has 4 nitrogen and oxygen atoms in total.